The summed E-state index contributed by atoms with van der Waals surface area (Å²) in [7, 11) is 1.19. The Hall–Kier alpha value is -0.955. The second-order valence-corrected chi connectivity index (χ2v) is 0.708. The van der Waals surface area contributed by atoms with Gasteiger partial charge in [-0.15, -0.1) is 0 Å². The molecule has 0 saturated carbocycles. The molecular formula is CH2BN3O. The third-order valence-electron chi connectivity index (χ3n) is 0.186. The van der Waals surface area contributed by atoms with Crippen molar-refractivity contribution in [3.05, 3.63) is 10.4 Å². The molecule has 0 atom stereocenters. The second-order valence-electron chi connectivity index (χ2n) is 0.708. The monoisotopic (exact) mass is 83.0 g/mol. The zero-order valence-corrected chi connectivity index (χ0v) is 3.25. The summed E-state index contributed by atoms with van der Waals surface area (Å²) in [5.74, 6) is -0.502. The van der Waals surface area contributed by atoms with E-state index in [1.807, 2.05) is 0 Å². The van der Waals surface area contributed by atoms with E-state index in [9.17, 15) is 4.79 Å². The first-order valence-corrected chi connectivity index (χ1v) is 1.33. The lowest BCUT2D eigenvalue weighted by Crippen LogP contribution is -1.79. The van der Waals surface area contributed by atoms with Crippen LogP contribution in [-0.4, -0.2) is 13.7 Å². The zero-order chi connectivity index (χ0) is 4.99. The lowest BCUT2D eigenvalue weighted by Gasteiger charge is -1.61. The SMILES string of the molecule is BC(=O)N=[N+]=[N-]. The van der Waals surface area contributed by atoms with Crippen LogP contribution in [0.3, 0.4) is 0 Å². The van der Waals surface area contributed by atoms with E-state index >= 15 is 0 Å². The molecule has 0 aromatic heterocycles. The van der Waals surface area contributed by atoms with Gasteiger partial charge in [-0.25, -0.2) is 0 Å². The summed E-state index contributed by atoms with van der Waals surface area (Å²) in [6.07, 6.45) is 0. The first-order chi connectivity index (χ1) is 2.77. The zero-order valence-electron chi connectivity index (χ0n) is 3.25. The van der Waals surface area contributed by atoms with Crippen LogP contribution < -0.4 is 0 Å². The second kappa shape index (κ2) is 2.29. The molecule has 0 aliphatic carbocycles. The van der Waals surface area contributed by atoms with Crippen LogP contribution in [0.4, 0.5) is 4.79 Å². The number of azide groups is 1. The van der Waals surface area contributed by atoms with E-state index < -0.39 is 5.81 Å². The van der Waals surface area contributed by atoms with Crippen LogP contribution in [0.5, 0.6) is 0 Å². The van der Waals surface area contributed by atoms with Crippen LogP contribution in [-0.2, 0) is 0 Å². The van der Waals surface area contributed by atoms with Crippen molar-refractivity contribution in [2.75, 3.05) is 0 Å². The highest BCUT2D eigenvalue weighted by Crippen LogP contribution is 1.66. The van der Waals surface area contributed by atoms with E-state index in [1.54, 1.807) is 0 Å². The van der Waals surface area contributed by atoms with E-state index in [1.165, 1.54) is 7.85 Å². The molecule has 0 spiro atoms. The lowest BCUT2D eigenvalue weighted by molar-refractivity contribution is 0.266. The van der Waals surface area contributed by atoms with Gasteiger partial charge in [0.1, 0.15) is 0 Å². The molecule has 30 valence electrons. The van der Waals surface area contributed by atoms with Gasteiger partial charge >= 0.3 is 0 Å². The highest BCUT2D eigenvalue weighted by molar-refractivity contribution is 6.57. The number of hydrogen-bond donors (Lipinski definition) is 0. The molecule has 0 aliphatic heterocycles. The summed E-state index contributed by atoms with van der Waals surface area (Å²) in [6.45, 7) is 0. The Morgan fingerprint density at radius 2 is 2.50 bits per heavy atom. The topological polar surface area (TPSA) is 65.8 Å². The predicted octanol–water partition coefficient (Wildman–Crippen LogP) is 0.0498. The van der Waals surface area contributed by atoms with E-state index in [0.29, 0.717) is 0 Å². The molecule has 5 heteroatoms. The highest BCUT2D eigenvalue weighted by atomic mass is 16.1. The Bertz CT molecular complexity index is 103. The van der Waals surface area contributed by atoms with Gasteiger partial charge < -0.3 is 4.79 Å². The summed E-state index contributed by atoms with van der Waals surface area (Å²) in [6, 6.07) is 0. The molecular weight excluding hydrogens is 80.8 g/mol. The van der Waals surface area contributed by atoms with Crippen LogP contribution in [0.25, 0.3) is 10.4 Å². The van der Waals surface area contributed by atoms with Gasteiger partial charge in [0.25, 0.3) is 0 Å². The Morgan fingerprint density at radius 1 is 2.00 bits per heavy atom. The molecule has 0 heterocycles. The minimum absolute atomic E-state index is 0.502. The van der Waals surface area contributed by atoms with Crippen molar-refractivity contribution in [1.82, 2.24) is 0 Å². The predicted molar refractivity (Wildman–Crippen MR) is 23.1 cm³/mol. The maximum Gasteiger partial charge on any atom is 0.196 e. The number of amides is 1. The molecule has 0 saturated heterocycles. The minimum atomic E-state index is -0.502. The largest absolute Gasteiger partial charge is 0.305 e. The fraction of sp³-hybridized carbons (Fsp3) is 0. The first kappa shape index (κ1) is 5.04. The molecule has 0 bridgehead atoms. The van der Waals surface area contributed by atoms with Crippen molar-refractivity contribution >= 4 is 13.7 Å². The Morgan fingerprint density at radius 3 is 2.50 bits per heavy atom. The molecule has 4 nitrogen and oxygen atoms in total. The summed E-state index contributed by atoms with van der Waals surface area (Å²) in [5.41, 5.74) is 7.47. The third kappa shape index (κ3) is 3.04. The third-order valence-corrected chi connectivity index (χ3v) is 0.186. The van der Waals surface area contributed by atoms with Gasteiger partial charge in [-0.2, -0.15) is 0 Å². The van der Waals surface area contributed by atoms with E-state index in [4.69, 9.17) is 5.53 Å². The number of carbonyl (C=O) groups excluding carboxylic acids is 1. The quantitative estimate of drug-likeness (QED) is 0.176. The van der Waals surface area contributed by atoms with Crippen LogP contribution in [0.1, 0.15) is 0 Å². The molecule has 0 unspecified atom stereocenters. The fourth-order valence-electron chi connectivity index (χ4n) is 0.0630. The number of rotatable bonds is 0. The molecule has 0 rings (SSSR count). The van der Waals surface area contributed by atoms with Gasteiger partial charge in [0, 0.05) is 4.91 Å². The van der Waals surface area contributed by atoms with Crippen LogP contribution in [0, 0.1) is 0 Å². The Balaban J connectivity index is 3.60. The van der Waals surface area contributed by atoms with Gasteiger partial charge in [0.2, 0.25) is 0 Å². The molecule has 0 aromatic rings. The Kier molecular flexibility index (Phi) is 1.93. The van der Waals surface area contributed by atoms with Crippen molar-refractivity contribution < 1.29 is 4.79 Å². The van der Waals surface area contributed by atoms with Crippen molar-refractivity contribution in [2.24, 2.45) is 5.11 Å². The molecule has 0 radical (unpaired) electrons. The van der Waals surface area contributed by atoms with Gasteiger partial charge in [-0.1, -0.05) is 0 Å². The molecule has 0 aliphatic rings. The van der Waals surface area contributed by atoms with Crippen LogP contribution in [0.2, 0.25) is 0 Å². The lowest BCUT2D eigenvalue weighted by atomic mass is 10.1. The van der Waals surface area contributed by atoms with Gasteiger partial charge in [0.05, 0.1) is 0 Å². The molecule has 1 amide bonds. The average molecular weight is 82.9 g/mol. The maximum atomic E-state index is 9.62. The van der Waals surface area contributed by atoms with Crippen molar-refractivity contribution in [3.8, 4) is 0 Å². The maximum absolute atomic E-state index is 9.62. The summed E-state index contributed by atoms with van der Waals surface area (Å²) >= 11 is 0. The number of carbonyl (C=O) groups is 1. The smallest absolute Gasteiger partial charge is 0.196 e. The average Bonchev–Trinajstić information content (AvgIpc) is 1.35. The summed E-state index contributed by atoms with van der Waals surface area (Å²) < 4.78 is 0. The molecule has 0 fully saturated rings. The van der Waals surface area contributed by atoms with Crippen molar-refractivity contribution in [2.45, 2.75) is 0 Å². The minimum Gasteiger partial charge on any atom is -0.305 e. The first-order valence-electron chi connectivity index (χ1n) is 1.33. The van der Waals surface area contributed by atoms with Crippen LogP contribution >= 0.6 is 0 Å². The van der Waals surface area contributed by atoms with E-state index in [2.05, 4.69) is 10.0 Å². The van der Waals surface area contributed by atoms with Gasteiger partial charge in [0.15, 0.2) is 13.7 Å². The summed E-state index contributed by atoms with van der Waals surface area (Å²) in [4.78, 5) is 11.8. The normalized spacial score (nSPS) is 6.00. The molecule has 6 heavy (non-hydrogen) atoms. The van der Waals surface area contributed by atoms with Gasteiger partial charge in [-0.05, 0) is 10.6 Å². The molecule has 0 aromatic carbocycles. The number of nitrogens with zero attached hydrogens (tertiary/aromatic N) is 3. The van der Waals surface area contributed by atoms with Gasteiger partial charge in [-0.3, -0.25) is 0 Å². The van der Waals surface area contributed by atoms with E-state index in [0.717, 1.165) is 0 Å². The highest BCUT2D eigenvalue weighted by Gasteiger charge is 1.75. The molecule has 0 N–H and O–H groups in total. The van der Waals surface area contributed by atoms with E-state index in [-0.39, 0.29) is 0 Å². The van der Waals surface area contributed by atoms with Crippen molar-refractivity contribution in [3.63, 3.8) is 0 Å². The number of hydrogen-bond acceptors (Lipinski definition) is 1. The van der Waals surface area contributed by atoms with Crippen molar-refractivity contribution in [1.29, 1.82) is 0 Å². The fourth-order valence-corrected chi connectivity index (χ4v) is 0.0630. The summed E-state index contributed by atoms with van der Waals surface area (Å²) in [5, 5.41) is 2.67. The van der Waals surface area contributed by atoms with Crippen LogP contribution in [0.15, 0.2) is 5.11 Å². The Labute approximate surface area is 35.2 Å². The standard InChI is InChI=1S/CH2BN3O/c2-1(6)4-5-3/h2H2.